The van der Waals surface area contributed by atoms with Crippen LogP contribution in [0.25, 0.3) is 11.2 Å². The Bertz CT molecular complexity index is 4010. The Morgan fingerprint density at radius 1 is 0.707 bits per heavy atom. The number of aromatic nitrogens is 6. The predicted octanol–water partition coefficient (Wildman–Crippen LogP) is 11.0. The first kappa shape index (κ1) is 68.9. The highest BCUT2D eigenvalue weighted by molar-refractivity contribution is 7.49. The second kappa shape index (κ2) is 30.5. The van der Waals surface area contributed by atoms with E-state index in [0.29, 0.717) is 38.2 Å². The number of hydrogen-bond acceptors (Lipinski definition) is 19. The van der Waals surface area contributed by atoms with Crippen LogP contribution in [0.1, 0.15) is 82.2 Å². The first-order valence-electron chi connectivity index (χ1n) is 29.5. The van der Waals surface area contributed by atoms with Crippen molar-refractivity contribution in [3.63, 3.8) is 0 Å². The van der Waals surface area contributed by atoms with Crippen LogP contribution in [0.4, 0.5) is 5.95 Å². The Labute approximate surface area is 540 Å². The number of carbonyl (C=O) groups excluding carboxylic acids is 1. The van der Waals surface area contributed by atoms with E-state index in [1.54, 1.807) is 52.3 Å². The Morgan fingerprint density at radius 2 is 1.22 bits per heavy atom. The van der Waals surface area contributed by atoms with Gasteiger partial charge in [0.15, 0.2) is 11.2 Å². The monoisotopic (exact) mass is 1340 g/mol. The molecule has 0 bridgehead atoms. The van der Waals surface area contributed by atoms with Gasteiger partial charge < -0.3 is 37.6 Å². The minimum Gasteiger partial charge on any atom is -0.497 e. The average molecular weight is 1350 g/mol. The number of nitrogens with one attached hydrogen (secondary N) is 3. The van der Waals surface area contributed by atoms with Gasteiger partial charge in [0.1, 0.15) is 65.5 Å². The molecule has 2 fully saturated rings. The van der Waals surface area contributed by atoms with E-state index in [9.17, 15) is 28.6 Å². The largest absolute Gasteiger partial charge is 0.530 e. The molecule has 5 heterocycles. The Morgan fingerprint density at radius 3 is 1.75 bits per heavy atom. The molecule has 2 aliphatic heterocycles. The molecule has 29 heteroatoms. The molecular weight excluding hydrogens is 1270 g/mol. The summed E-state index contributed by atoms with van der Waals surface area (Å²) in [6.45, 7) is 13.8. The third kappa shape index (κ3) is 16.6. The number of phosphoric acid groups is 2. The number of phosphoric ester groups is 2. The highest BCUT2D eigenvalue weighted by Crippen LogP contribution is 2.55. The van der Waals surface area contributed by atoms with Crippen molar-refractivity contribution < 1.29 is 65.1 Å². The smallest absolute Gasteiger partial charge is 0.497 e. The van der Waals surface area contributed by atoms with Crippen molar-refractivity contribution in [2.45, 2.75) is 96.9 Å². The number of aromatic amines is 2. The van der Waals surface area contributed by atoms with Gasteiger partial charge in [-0.3, -0.25) is 57.3 Å². The number of imidazole rings is 1. The van der Waals surface area contributed by atoms with Gasteiger partial charge >= 0.3 is 21.3 Å². The number of fused-ring (bicyclic) bond motifs is 1. The molecule has 92 heavy (non-hydrogen) atoms. The minimum atomic E-state index is -5.07. The molecule has 490 valence electrons. The van der Waals surface area contributed by atoms with Gasteiger partial charge in [-0.25, -0.2) is 18.9 Å². The lowest BCUT2D eigenvalue weighted by Gasteiger charge is -2.37. The number of rotatable bonds is 26. The molecule has 0 saturated carbocycles. The van der Waals surface area contributed by atoms with E-state index >= 15 is 4.57 Å². The quantitative estimate of drug-likeness (QED) is 0.0289. The molecule has 0 aliphatic carbocycles. The number of ether oxygens (including phenoxy) is 5. The molecule has 10 rings (SSSR count). The summed E-state index contributed by atoms with van der Waals surface area (Å²) in [4.78, 5) is 79.4. The lowest BCUT2D eigenvalue weighted by molar-refractivity contribution is -0.118. The average Bonchev–Trinajstić information content (AvgIpc) is 0.896. The Kier molecular flexibility index (Phi) is 22.8. The summed E-state index contributed by atoms with van der Waals surface area (Å²) >= 11 is 12.4. The normalized spacial score (nSPS) is 19.4. The van der Waals surface area contributed by atoms with Gasteiger partial charge in [-0.2, -0.15) is 4.98 Å². The number of nitrogens with zero attached hydrogens (tertiary/aromatic N) is 5. The molecule has 1 amide bonds. The molecule has 2 saturated heterocycles. The minimum absolute atomic E-state index is 0.0404. The van der Waals surface area contributed by atoms with Gasteiger partial charge in [0, 0.05) is 40.6 Å². The lowest BCUT2D eigenvalue weighted by Crippen LogP contribution is -2.38. The standard InChI is InChI=1S/C57H57Cl2N7O17P2.C6H15N/c1-33(2)52(67)62-55-61-51-50(54(69)63-55)60-32-66(51)49-27-44(82-84(71,72)80-42-23-15-38(58)16-24-42)47(79-49)31-77-85(73,81-43-25-17-39(59)18-26-43)83-45-28-48(65-29-34(3)53(68)64-56(65)70)78-46(45)30-76-57(35-9-7-6-8-10-35,36-11-19-40(74-4)20-12-36)37-13-21-41(75-5)22-14-37;1-4-7(5-2)6-3/h6-26,29,32-33,44-49H,27-28,30-31H2,1-5H3,(H,71,72)(H,64,68,70)(H2,61,62,63,67,69);4-6H2,1-3H3/t44-,45-,46+,47+,48+,49+,85?;/m0./s1. The second-order valence-corrected chi connectivity index (χ2v) is 25.4. The van der Waals surface area contributed by atoms with E-state index in [-0.39, 0.29) is 53.6 Å². The lowest BCUT2D eigenvalue weighted by atomic mass is 9.80. The fourth-order valence-electron chi connectivity index (χ4n) is 10.3. The van der Waals surface area contributed by atoms with Crippen molar-refractivity contribution in [3.05, 3.63) is 203 Å². The molecule has 2 unspecified atom stereocenters. The molecule has 8 aromatic rings. The number of amides is 1. The van der Waals surface area contributed by atoms with Crippen molar-refractivity contribution in [2.24, 2.45) is 5.92 Å². The number of H-pyrrole nitrogens is 2. The molecule has 8 atom stereocenters. The van der Waals surface area contributed by atoms with E-state index in [1.165, 1.54) is 96.7 Å². The molecule has 5 aromatic carbocycles. The number of hydrogen-bond donors (Lipinski definition) is 4. The fraction of sp³-hybridized carbons (Fsp3) is 0.365. The summed E-state index contributed by atoms with van der Waals surface area (Å²) in [6.07, 6.45) is -5.70. The van der Waals surface area contributed by atoms with E-state index < -0.39 is 93.4 Å². The zero-order valence-electron chi connectivity index (χ0n) is 51.6. The van der Waals surface area contributed by atoms with Crippen LogP contribution in [0.15, 0.2) is 154 Å². The van der Waals surface area contributed by atoms with Crippen LogP contribution in [-0.2, 0) is 47.3 Å². The summed E-state index contributed by atoms with van der Waals surface area (Å²) in [7, 11) is -7.03. The van der Waals surface area contributed by atoms with Crippen molar-refractivity contribution in [3.8, 4) is 23.0 Å². The topological polar surface area (TPSA) is 297 Å². The summed E-state index contributed by atoms with van der Waals surface area (Å²) in [5, 5.41) is 3.20. The molecule has 0 spiro atoms. The highest BCUT2D eigenvalue weighted by Gasteiger charge is 2.49. The maximum Gasteiger partial charge on any atom is 0.530 e. The predicted molar refractivity (Wildman–Crippen MR) is 344 cm³/mol. The number of carbonyl (C=O) groups is 1. The van der Waals surface area contributed by atoms with Gasteiger partial charge in [0.2, 0.25) is 11.9 Å². The number of aryl methyl sites for hydroxylation is 1. The summed E-state index contributed by atoms with van der Waals surface area (Å²) in [5.74, 6) is -0.0626. The zero-order chi connectivity index (χ0) is 65.9. The van der Waals surface area contributed by atoms with Gasteiger partial charge in [-0.15, -0.1) is 0 Å². The number of benzene rings is 5. The number of anilines is 1. The maximum absolute atomic E-state index is 15.8. The number of methoxy groups -OCH3 is 2. The molecule has 4 N–H and O–H groups in total. The third-order valence-corrected chi connectivity index (χ3v) is 18.2. The van der Waals surface area contributed by atoms with Crippen LogP contribution in [0.5, 0.6) is 23.0 Å². The van der Waals surface area contributed by atoms with Crippen LogP contribution in [0.2, 0.25) is 10.0 Å². The van der Waals surface area contributed by atoms with Crippen molar-refractivity contribution in [1.82, 2.24) is 34.0 Å². The maximum atomic E-state index is 15.8. The zero-order valence-corrected chi connectivity index (χ0v) is 54.9. The number of halogens is 2. The Hall–Kier alpha value is -7.48. The van der Waals surface area contributed by atoms with Gasteiger partial charge in [0.25, 0.3) is 11.1 Å². The summed E-state index contributed by atoms with van der Waals surface area (Å²) in [6, 6.07) is 35.3. The van der Waals surface area contributed by atoms with Crippen molar-refractivity contribution in [1.29, 1.82) is 0 Å². The summed E-state index contributed by atoms with van der Waals surface area (Å²) in [5.41, 5.74) is -1.54. The van der Waals surface area contributed by atoms with E-state index in [2.05, 4.69) is 50.9 Å². The van der Waals surface area contributed by atoms with Crippen LogP contribution in [0.3, 0.4) is 0 Å². The van der Waals surface area contributed by atoms with Crippen LogP contribution < -0.4 is 40.6 Å². The SMILES string of the molecule is CCN(CC)CC.COc1ccc(C(OC[C@H]2O[C@@H](n3cc(C)c(=O)[nH]c3=O)C[C@@H]2OP(=O)(OC[C@H]2O[C@@H](n3cnc4c(=O)[nH]c(NC(=O)C(C)C)nc43)C[C@@H]2OP(=O)(O)Oc2ccc(Cl)cc2)Oc2ccc(Cl)cc2)(c2ccccc2)c2ccc(OC)cc2)cc1. The fourth-order valence-corrected chi connectivity index (χ4v) is 13.0. The molecule has 0 radical (unpaired) electrons. The molecular formula is C63H72Cl2N8O17P2. The molecule has 3 aromatic heterocycles. The van der Waals surface area contributed by atoms with Crippen LogP contribution in [-0.4, -0.2) is 116 Å². The van der Waals surface area contributed by atoms with Crippen LogP contribution >= 0.6 is 38.8 Å². The van der Waals surface area contributed by atoms with Crippen LogP contribution in [0, 0.1) is 12.8 Å². The van der Waals surface area contributed by atoms with Gasteiger partial charge in [0.05, 0.1) is 33.8 Å². The van der Waals surface area contributed by atoms with E-state index in [0.717, 1.165) is 0 Å². The molecule has 2 aliphatic rings. The second-order valence-electron chi connectivity index (χ2n) is 21.6. The molecule has 25 nitrogen and oxygen atoms in total. The van der Waals surface area contributed by atoms with E-state index in [4.69, 9.17) is 69.5 Å². The van der Waals surface area contributed by atoms with Gasteiger partial charge in [-0.1, -0.05) is 112 Å². The summed E-state index contributed by atoms with van der Waals surface area (Å²) < 4.78 is 94.0. The first-order chi connectivity index (χ1) is 44.1. The highest BCUT2D eigenvalue weighted by atomic mass is 35.5. The third-order valence-electron chi connectivity index (χ3n) is 15.3. The van der Waals surface area contributed by atoms with Gasteiger partial charge in [-0.05, 0) is 116 Å². The van der Waals surface area contributed by atoms with Crippen molar-refractivity contribution >= 4 is 61.9 Å². The van der Waals surface area contributed by atoms with Crippen molar-refractivity contribution in [2.75, 3.05) is 52.4 Å². The Balaban J connectivity index is 0.00000135. The van der Waals surface area contributed by atoms with E-state index in [1.807, 2.05) is 54.6 Å². The first-order valence-corrected chi connectivity index (χ1v) is 33.2.